The van der Waals surface area contributed by atoms with Crippen LogP contribution in [0.4, 0.5) is 0 Å². The average Bonchev–Trinajstić information content (AvgIpc) is 2.04. The Labute approximate surface area is 78.8 Å². The predicted molar refractivity (Wildman–Crippen MR) is 55.1 cm³/mol. The molecule has 0 saturated heterocycles. The van der Waals surface area contributed by atoms with E-state index in [0.29, 0.717) is 11.7 Å². The second kappa shape index (κ2) is 3.86. The minimum atomic E-state index is 0.508. The Balaban J connectivity index is 3.02. The molecule has 0 aromatic heterocycles. The van der Waals surface area contributed by atoms with Gasteiger partial charge in [-0.1, -0.05) is 36.8 Å². The van der Waals surface area contributed by atoms with Gasteiger partial charge in [0.2, 0.25) is 0 Å². The van der Waals surface area contributed by atoms with E-state index in [0.717, 1.165) is 5.75 Å². The Morgan fingerprint density at radius 1 is 1.33 bits per heavy atom. The van der Waals surface area contributed by atoms with Gasteiger partial charge in [0, 0.05) is 0 Å². The molecule has 64 valence electrons. The molecule has 0 N–H and O–H groups in total. The minimum absolute atomic E-state index is 0.508. The SMILES string of the molecule is COc1ccc(B(C)C)cc1Cl. The maximum Gasteiger partial charge on any atom is 0.169 e. The minimum Gasteiger partial charge on any atom is -0.495 e. The van der Waals surface area contributed by atoms with Gasteiger partial charge < -0.3 is 4.74 Å². The van der Waals surface area contributed by atoms with Crippen molar-refractivity contribution in [1.82, 2.24) is 0 Å². The third-order valence-electron chi connectivity index (χ3n) is 1.84. The maximum atomic E-state index is 5.95. The molecule has 0 atom stereocenters. The van der Waals surface area contributed by atoms with Crippen molar-refractivity contribution in [1.29, 1.82) is 0 Å². The van der Waals surface area contributed by atoms with Gasteiger partial charge in [-0.25, -0.2) is 0 Å². The lowest BCUT2D eigenvalue weighted by Gasteiger charge is -2.06. The lowest BCUT2D eigenvalue weighted by molar-refractivity contribution is 0.415. The van der Waals surface area contributed by atoms with Gasteiger partial charge >= 0.3 is 0 Å². The molecule has 0 fully saturated rings. The van der Waals surface area contributed by atoms with Gasteiger partial charge in [-0.15, -0.1) is 0 Å². The number of hydrogen-bond donors (Lipinski definition) is 0. The molecule has 1 rings (SSSR count). The predicted octanol–water partition coefficient (Wildman–Crippen LogP) is 2.31. The van der Waals surface area contributed by atoms with E-state index in [1.54, 1.807) is 7.11 Å². The zero-order valence-electron chi connectivity index (χ0n) is 7.60. The molecule has 0 aliphatic heterocycles. The molecule has 0 radical (unpaired) electrons. The van der Waals surface area contributed by atoms with Crippen molar-refractivity contribution >= 4 is 23.8 Å². The number of hydrogen-bond acceptors (Lipinski definition) is 1. The Hall–Kier alpha value is -0.625. The highest BCUT2D eigenvalue weighted by Gasteiger charge is 2.06. The van der Waals surface area contributed by atoms with Crippen LogP contribution in [0.2, 0.25) is 18.7 Å². The number of ether oxygens (including phenoxy) is 1. The molecule has 0 unspecified atom stereocenters. The van der Waals surface area contributed by atoms with Crippen molar-refractivity contribution in [3.8, 4) is 5.75 Å². The molecular weight excluding hydrogens is 170 g/mol. The first-order valence-electron chi connectivity index (χ1n) is 3.98. The van der Waals surface area contributed by atoms with Crippen LogP contribution in [-0.2, 0) is 0 Å². The number of methoxy groups -OCH3 is 1. The van der Waals surface area contributed by atoms with Crippen molar-refractivity contribution < 1.29 is 4.74 Å². The molecular formula is C9H12BClO. The molecule has 1 aromatic rings. The van der Waals surface area contributed by atoms with Gasteiger partial charge in [0.25, 0.3) is 0 Å². The molecule has 1 nitrogen and oxygen atoms in total. The zero-order chi connectivity index (χ0) is 9.14. The highest BCUT2D eigenvalue weighted by Crippen LogP contribution is 2.21. The summed E-state index contributed by atoms with van der Waals surface area (Å²) in [6, 6.07) is 5.89. The maximum absolute atomic E-state index is 5.95. The van der Waals surface area contributed by atoms with Crippen LogP contribution in [-0.4, -0.2) is 13.8 Å². The summed E-state index contributed by atoms with van der Waals surface area (Å²) in [5.41, 5.74) is 1.24. The van der Waals surface area contributed by atoms with Crippen LogP contribution in [0.25, 0.3) is 0 Å². The second-order valence-electron chi connectivity index (χ2n) is 3.05. The first kappa shape index (κ1) is 9.46. The summed E-state index contributed by atoms with van der Waals surface area (Å²) in [5.74, 6) is 0.737. The molecule has 0 aliphatic rings. The highest BCUT2D eigenvalue weighted by molar-refractivity contribution is 6.70. The van der Waals surface area contributed by atoms with E-state index < -0.39 is 0 Å². The van der Waals surface area contributed by atoms with Gasteiger partial charge in [0.05, 0.1) is 12.1 Å². The molecule has 0 heterocycles. The van der Waals surface area contributed by atoms with Gasteiger partial charge in [-0.05, 0) is 12.1 Å². The molecule has 12 heavy (non-hydrogen) atoms. The van der Waals surface area contributed by atoms with E-state index in [4.69, 9.17) is 16.3 Å². The Kier molecular flexibility index (Phi) is 3.04. The van der Waals surface area contributed by atoms with E-state index in [1.807, 2.05) is 18.2 Å². The molecule has 0 spiro atoms. The Morgan fingerprint density at radius 3 is 2.42 bits per heavy atom. The van der Waals surface area contributed by atoms with Crippen LogP contribution >= 0.6 is 11.6 Å². The molecule has 0 saturated carbocycles. The van der Waals surface area contributed by atoms with Crippen molar-refractivity contribution in [2.75, 3.05) is 7.11 Å². The van der Waals surface area contributed by atoms with E-state index >= 15 is 0 Å². The fraction of sp³-hybridized carbons (Fsp3) is 0.333. The van der Waals surface area contributed by atoms with E-state index in [1.165, 1.54) is 5.46 Å². The molecule has 0 bridgehead atoms. The van der Waals surface area contributed by atoms with Crippen LogP contribution in [0, 0.1) is 0 Å². The fourth-order valence-corrected chi connectivity index (χ4v) is 1.31. The summed E-state index contributed by atoms with van der Waals surface area (Å²) in [6.45, 7) is 4.78. The molecule has 0 amide bonds. The number of benzene rings is 1. The van der Waals surface area contributed by atoms with Crippen LogP contribution in [0.3, 0.4) is 0 Å². The summed E-state index contributed by atoms with van der Waals surface area (Å²) in [6.07, 6.45) is 0. The summed E-state index contributed by atoms with van der Waals surface area (Å²) in [5, 5.41) is 0.684. The van der Waals surface area contributed by atoms with Crippen molar-refractivity contribution in [2.24, 2.45) is 0 Å². The zero-order valence-corrected chi connectivity index (χ0v) is 8.35. The second-order valence-corrected chi connectivity index (χ2v) is 3.46. The van der Waals surface area contributed by atoms with Gasteiger partial charge in [-0.3, -0.25) is 0 Å². The fourth-order valence-electron chi connectivity index (χ4n) is 1.04. The lowest BCUT2D eigenvalue weighted by atomic mass is 9.49. The van der Waals surface area contributed by atoms with Crippen molar-refractivity contribution in [2.45, 2.75) is 13.6 Å². The summed E-state index contributed by atoms with van der Waals surface area (Å²) >= 11 is 5.95. The standard InChI is InChI=1S/C9H12BClO/c1-10(2)7-4-5-9(12-3)8(11)6-7/h4-6H,1-3H3. The smallest absolute Gasteiger partial charge is 0.169 e. The summed E-state index contributed by atoms with van der Waals surface area (Å²) in [4.78, 5) is 0. The number of rotatable bonds is 2. The van der Waals surface area contributed by atoms with Crippen LogP contribution < -0.4 is 10.2 Å². The van der Waals surface area contributed by atoms with Crippen LogP contribution in [0.1, 0.15) is 0 Å². The summed E-state index contributed by atoms with van der Waals surface area (Å²) in [7, 11) is 1.62. The molecule has 3 heteroatoms. The highest BCUT2D eigenvalue weighted by atomic mass is 35.5. The summed E-state index contributed by atoms with van der Waals surface area (Å²) < 4.78 is 5.05. The molecule has 0 aliphatic carbocycles. The van der Waals surface area contributed by atoms with E-state index in [-0.39, 0.29) is 0 Å². The monoisotopic (exact) mass is 182 g/mol. The average molecular weight is 182 g/mol. The van der Waals surface area contributed by atoms with E-state index in [2.05, 4.69) is 13.6 Å². The third kappa shape index (κ3) is 1.95. The lowest BCUT2D eigenvalue weighted by Crippen LogP contribution is -2.21. The first-order chi connectivity index (χ1) is 5.65. The van der Waals surface area contributed by atoms with E-state index in [9.17, 15) is 0 Å². The Morgan fingerprint density at radius 2 is 2.00 bits per heavy atom. The first-order valence-corrected chi connectivity index (χ1v) is 4.36. The van der Waals surface area contributed by atoms with Crippen molar-refractivity contribution in [3.63, 3.8) is 0 Å². The normalized spacial score (nSPS) is 9.67. The topological polar surface area (TPSA) is 9.23 Å². The van der Waals surface area contributed by atoms with Gasteiger partial charge in [-0.2, -0.15) is 0 Å². The Bertz CT molecular complexity index is 273. The molecule has 1 aromatic carbocycles. The third-order valence-corrected chi connectivity index (χ3v) is 2.14. The van der Waals surface area contributed by atoms with Crippen molar-refractivity contribution in [3.05, 3.63) is 23.2 Å². The van der Waals surface area contributed by atoms with Crippen LogP contribution in [0.15, 0.2) is 18.2 Å². The number of halogens is 1. The largest absolute Gasteiger partial charge is 0.495 e. The van der Waals surface area contributed by atoms with Gasteiger partial charge in [0.1, 0.15) is 5.75 Å². The van der Waals surface area contributed by atoms with Gasteiger partial charge in [0.15, 0.2) is 6.71 Å². The quantitative estimate of drug-likeness (QED) is 0.638. The van der Waals surface area contributed by atoms with Crippen LogP contribution in [0.5, 0.6) is 5.75 Å².